The first-order valence-electron chi connectivity index (χ1n) is 5.85. The lowest BCUT2D eigenvalue weighted by Crippen LogP contribution is -1.96. The molecule has 0 saturated carbocycles. The van der Waals surface area contributed by atoms with Gasteiger partial charge in [-0.25, -0.2) is 0 Å². The highest BCUT2D eigenvalue weighted by molar-refractivity contribution is 5.75. The van der Waals surface area contributed by atoms with E-state index >= 15 is 0 Å². The monoisotopic (exact) mass is 220 g/mol. The lowest BCUT2D eigenvalue weighted by molar-refractivity contribution is -0.117. The van der Waals surface area contributed by atoms with Gasteiger partial charge in [0.15, 0.2) is 0 Å². The molecular formula is C14H20O2. The second kappa shape index (κ2) is 6.31. The van der Waals surface area contributed by atoms with Gasteiger partial charge in [-0.2, -0.15) is 0 Å². The van der Waals surface area contributed by atoms with Crippen LogP contribution in [0, 0.1) is 6.92 Å². The Kier molecular flexibility index (Phi) is 5.03. The minimum atomic E-state index is 0.266. The summed E-state index contributed by atoms with van der Waals surface area (Å²) in [4.78, 5) is 10.8. The quantitative estimate of drug-likeness (QED) is 0.735. The summed E-state index contributed by atoms with van der Waals surface area (Å²) in [5.41, 5.74) is 2.45. The SMILES string of the molecule is CCOc1ccc(CCCC(C)=O)cc1C. The number of benzene rings is 1. The number of carbonyl (C=O) groups excluding carboxylic acids is 1. The maximum atomic E-state index is 10.8. The van der Waals surface area contributed by atoms with E-state index in [2.05, 4.69) is 19.1 Å². The van der Waals surface area contributed by atoms with Crippen molar-refractivity contribution >= 4 is 5.78 Å². The van der Waals surface area contributed by atoms with Crippen LogP contribution in [-0.4, -0.2) is 12.4 Å². The molecule has 0 aliphatic heterocycles. The van der Waals surface area contributed by atoms with Gasteiger partial charge in [-0.05, 0) is 50.8 Å². The van der Waals surface area contributed by atoms with Crippen molar-refractivity contribution in [2.24, 2.45) is 0 Å². The van der Waals surface area contributed by atoms with Crippen molar-refractivity contribution in [3.8, 4) is 5.75 Å². The molecule has 0 aliphatic carbocycles. The Morgan fingerprint density at radius 3 is 2.69 bits per heavy atom. The minimum Gasteiger partial charge on any atom is -0.494 e. The van der Waals surface area contributed by atoms with Crippen molar-refractivity contribution in [1.82, 2.24) is 0 Å². The molecule has 0 aliphatic rings. The van der Waals surface area contributed by atoms with Crippen LogP contribution in [0.5, 0.6) is 5.75 Å². The van der Waals surface area contributed by atoms with E-state index in [1.807, 2.05) is 13.0 Å². The third-order valence-corrected chi connectivity index (χ3v) is 2.53. The Labute approximate surface area is 97.6 Å². The van der Waals surface area contributed by atoms with Gasteiger partial charge in [-0.15, -0.1) is 0 Å². The third-order valence-electron chi connectivity index (χ3n) is 2.53. The largest absolute Gasteiger partial charge is 0.494 e. The fourth-order valence-electron chi connectivity index (χ4n) is 1.73. The average molecular weight is 220 g/mol. The zero-order chi connectivity index (χ0) is 12.0. The van der Waals surface area contributed by atoms with Gasteiger partial charge in [0, 0.05) is 6.42 Å². The zero-order valence-electron chi connectivity index (χ0n) is 10.4. The lowest BCUT2D eigenvalue weighted by atomic mass is 10.0. The lowest BCUT2D eigenvalue weighted by Gasteiger charge is -2.08. The summed E-state index contributed by atoms with van der Waals surface area (Å²) in [5, 5.41) is 0. The van der Waals surface area contributed by atoms with Gasteiger partial charge in [0.2, 0.25) is 0 Å². The second-order valence-electron chi connectivity index (χ2n) is 4.09. The highest BCUT2D eigenvalue weighted by atomic mass is 16.5. The maximum absolute atomic E-state index is 10.8. The van der Waals surface area contributed by atoms with Crippen molar-refractivity contribution in [2.45, 2.75) is 40.0 Å². The number of hydrogen-bond acceptors (Lipinski definition) is 2. The molecule has 1 aromatic carbocycles. The summed E-state index contributed by atoms with van der Waals surface area (Å²) in [5.74, 6) is 1.22. The van der Waals surface area contributed by atoms with Gasteiger partial charge in [0.1, 0.15) is 11.5 Å². The van der Waals surface area contributed by atoms with E-state index in [1.54, 1.807) is 6.92 Å². The summed E-state index contributed by atoms with van der Waals surface area (Å²) < 4.78 is 5.48. The first kappa shape index (κ1) is 12.8. The van der Waals surface area contributed by atoms with Gasteiger partial charge in [0.25, 0.3) is 0 Å². The molecule has 0 radical (unpaired) electrons. The van der Waals surface area contributed by atoms with Crippen LogP contribution in [0.25, 0.3) is 0 Å². The van der Waals surface area contributed by atoms with Gasteiger partial charge in [0.05, 0.1) is 6.61 Å². The van der Waals surface area contributed by atoms with E-state index < -0.39 is 0 Å². The summed E-state index contributed by atoms with van der Waals surface area (Å²) in [6, 6.07) is 6.24. The Hall–Kier alpha value is -1.31. The highest BCUT2D eigenvalue weighted by Gasteiger charge is 2.01. The number of aryl methyl sites for hydroxylation is 2. The summed E-state index contributed by atoms with van der Waals surface area (Å²) in [6.07, 6.45) is 2.57. The van der Waals surface area contributed by atoms with Crippen LogP contribution in [0.3, 0.4) is 0 Å². The molecule has 0 N–H and O–H groups in total. The van der Waals surface area contributed by atoms with E-state index in [1.165, 1.54) is 11.1 Å². The third kappa shape index (κ3) is 4.05. The van der Waals surface area contributed by atoms with Crippen molar-refractivity contribution in [3.63, 3.8) is 0 Å². The highest BCUT2D eigenvalue weighted by Crippen LogP contribution is 2.20. The molecule has 0 unspecified atom stereocenters. The van der Waals surface area contributed by atoms with Crippen LogP contribution >= 0.6 is 0 Å². The molecule has 0 atom stereocenters. The average Bonchev–Trinajstić information content (AvgIpc) is 2.21. The standard InChI is InChI=1S/C14H20O2/c1-4-16-14-9-8-13(10-11(14)2)7-5-6-12(3)15/h8-10H,4-7H2,1-3H3. The summed E-state index contributed by atoms with van der Waals surface area (Å²) >= 11 is 0. The molecular weight excluding hydrogens is 200 g/mol. The summed E-state index contributed by atoms with van der Waals surface area (Å²) in [6.45, 7) is 6.38. The molecule has 0 fully saturated rings. The molecule has 0 bridgehead atoms. The molecule has 1 aromatic rings. The van der Waals surface area contributed by atoms with Crippen LogP contribution in [0.4, 0.5) is 0 Å². The predicted octanol–water partition coefficient (Wildman–Crippen LogP) is 3.31. The van der Waals surface area contributed by atoms with Crippen LogP contribution in [-0.2, 0) is 11.2 Å². The second-order valence-corrected chi connectivity index (χ2v) is 4.09. The number of rotatable bonds is 6. The van der Waals surface area contributed by atoms with Crippen LogP contribution in [0.15, 0.2) is 18.2 Å². The van der Waals surface area contributed by atoms with E-state index in [0.29, 0.717) is 13.0 Å². The molecule has 2 heteroatoms. The van der Waals surface area contributed by atoms with E-state index in [9.17, 15) is 4.79 Å². The number of carbonyl (C=O) groups is 1. The van der Waals surface area contributed by atoms with Gasteiger partial charge >= 0.3 is 0 Å². The molecule has 0 aromatic heterocycles. The number of hydrogen-bond donors (Lipinski definition) is 0. The Morgan fingerprint density at radius 1 is 1.38 bits per heavy atom. The molecule has 0 saturated heterocycles. The predicted molar refractivity (Wildman–Crippen MR) is 66.0 cm³/mol. The normalized spacial score (nSPS) is 10.2. The van der Waals surface area contributed by atoms with Crippen molar-refractivity contribution in [2.75, 3.05) is 6.61 Å². The summed E-state index contributed by atoms with van der Waals surface area (Å²) in [7, 11) is 0. The number of ketones is 1. The molecule has 88 valence electrons. The minimum absolute atomic E-state index is 0.266. The zero-order valence-corrected chi connectivity index (χ0v) is 10.4. The van der Waals surface area contributed by atoms with Crippen LogP contribution < -0.4 is 4.74 Å². The molecule has 1 rings (SSSR count). The fraction of sp³-hybridized carbons (Fsp3) is 0.500. The van der Waals surface area contributed by atoms with Crippen molar-refractivity contribution in [3.05, 3.63) is 29.3 Å². The number of Topliss-reactive ketones (excluding diaryl/α,β-unsaturated/α-hetero) is 1. The van der Waals surface area contributed by atoms with Crippen LogP contribution in [0.2, 0.25) is 0 Å². The fourth-order valence-corrected chi connectivity index (χ4v) is 1.73. The first-order valence-corrected chi connectivity index (χ1v) is 5.85. The molecule has 0 amide bonds. The van der Waals surface area contributed by atoms with E-state index in [-0.39, 0.29) is 5.78 Å². The van der Waals surface area contributed by atoms with Gasteiger partial charge in [-0.1, -0.05) is 12.1 Å². The van der Waals surface area contributed by atoms with Gasteiger partial charge in [-0.3, -0.25) is 0 Å². The topological polar surface area (TPSA) is 26.3 Å². The molecule has 16 heavy (non-hydrogen) atoms. The van der Waals surface area contributed by atoms with Crippen molar-refractivity contribution < 1.29 is 9.53 Å². The van der Waals surface area contributed by atoms with Gasteiger partial charge < -0.3 is 9.53 Å². The number of ether oxygens (including phenoxy) is 1. The van der Waals surface area contributed by atoms with E-state index in [4.69, 9.17) is 4.74 Å². The maximum Gasteiger partial charge on any atom is 0.129 e. The first-order chi connectivity index (χ1) is 7.63. The molecule has 2 nitrogen and oxygen atoms in total. The van der Waals surface area contributed by atoms with Crippen LogP contribution in [0.1, 0.15) is 37.8 Å². The van der Waals surface area contributed by atoms with E-state index in [0.717, 1.165) is 18.6 Å². The Balaban J connectivity index is 2.55. The smallest absolute Gasteiger partial charge is 0.129 e. The molecule has 0 spiro atoms. The Bertz CT molecular complexity index is 356. The van der Waals surface area contributed by atoms with Crippen molar-refractivity contribution in [1.29, 1.82) is 0 Å². The molecule has 0 heterocycles. The Morgan fingerprint density at radius 2 is 2.12 bits per heavy atom.